The van der Waals surface area contributed by atoms with Crippen molar-refractivity contribution >= 4 is 16.8 Å². The third kappa shape index (κ3) is 4.30. The quantitative estimate of drug-likeness (QED) is 0.834. The van der Waals surface area contributed by atoms with E-state index in [1.54, 1.807) is 25.1 Å². The molecule has 2 heterocycles. The van der Waals surface area contributed by atoms with Crippen LogP contribution in [-0.4, -0.2) is 46.5 Å². The van der Waals surface area contributed by atoms with Crippen molar-refractivity contribution in [2.24, 2.45) is 5.41 Å². The second kappa shape index (κ2) is 7.68. The van der Waals surface area contributed by atoms with E-state index in [1.807, 2.05) is 0 Å². The van der Waals surface area contributed by atoms with E-state index in [1.165, 1.54) is 12.8 Å². The maximum Gasteiger partial charge on any atom is 0.328 e. The van der Waals surface area contributed by atoms with Gasteiger partial charge in [-0.25, -0.2) is 4.79 Å². The predicted molar refractivity (Wildman–Crippen MR) is 106 cm³/mol. The summed E-state index contributed by atoms with van der Waals surface area (Å²) < 4.78 is 1.14. The largest absolute Gasteiger partial charge is 0.351 e. The number of amides is 1. The highest BCUT2D eigenvalue weighted by Crippen LogP contribution is 2.27. The number of likely N-dealkylation sites (tertiary alicyclic amines) is 1. The standard InChI is InChI=1S/C20H28N4O3/c1-4-24-18(26)15-7-6-14(12-16(15)22-19(24)27)17(25)21-9-11-23-10-5-8-20(2,3)13-23/h6-7,12H,4-5,8-11,13H2,1-3H3,(H,21,25)(H,22,27). The van der Waals surface area contributed by atoms with Gasteiger partial charge in [0.2, 0.25) is 0 Å². The maximum absolute atomic E-state index is 12.4. The highest BCUT2D eigenvalue weighted by Gasteiger charge is 2.25. The summed E-state index contributed by atoms with van der Waals surface area (Å²) in [6.45, 7) is 10.1. The number of rotatable bonds is 5. The number of nitrogens with zero attached hydrogens (tertiary/aromatic N) is 2. The molecule has 1 fully saturated rings. The van der Waals surface area contributed by atoms with Crippen LogP contribution < -0.4 is 16.6 Å². The molecule has 0 unspecified atom stereocenters. The molecule has 1 amide bonds. The van der Waals surface area contributed by atoms with Crippen LogP contribution in [0.15, 0.2) is 27.8 Å². The second-order valence-electron chi connectivity index (χ2n) is 8.04. The Morgan fingerprint density at radius 2 is 2.07 bits per heavy atom. The zero-order valence-corrected chi connectivity index (χ0v) is 16.3. The summed E-state index contributed by atoms with van der Waals surface area (Å²) in [4.78, 5) is 41.8. The monoisotopic (exact) mass is 372 g/mol. The van der Waals surface area contributed by atoms with Gasteiger partial charge in [0.15, 0.2) is 0 Å². The number of H-pyrrole nitrogens is 1. The summed E-state index contributed by atoms with van der Waals surface area (Å²) in [6, 6.07) is 4.79. The first-order chi connectivity index (χ1) is 12.8. The molecule has 1 aliphatic heterocycles. The average Bonchev–Trinajstić information content (AvgIpc) is 2.60. The predicted octanol–water partition coefficient (Wildman–Crippen LogP) is 1.56. The Bertz CT molecular complexity index is 958. The van der Waals surface area contributed by atoms with Gasteiger partial charge in [-0.3, -0.25) is 14.2 Å². The van der Waals surface area contributed by atoms with Crippen molar-refractivity contribution < 1.29 is 4.79 Å². The summed E-state index contributed by atoms with van der Waals surface area (Å²) >= 11 is 0. The molecule has 1 saturated heterocycles. The van der Waals surface area contributed by atoms with E-state index in [2.05, 4.69) is 29.0 Å². The molecule has 7 nitrogen and oxygen atoms in total. The lowest BCUT2D eigenvalue weighted by Crippen LogP contribution is -2.43. The highest BCUT2D eigenvalue weighted by molar-refractivity contribution is 5.97. The van der Waals surface area contributed by atoms with Crippen LogP contribution in [0.5, 0.6) is 0 Å². The highest BCUT2D eigenvalue weighted by atomic mass is 16.2. The average molecular weight is 372 g/mol. The van der Waals surface area contributed by atoms with E-state index in [0.29, 0.717) is 35.0 Å². The minimum absolute atomic E-state index is 0.200. The smallest absolute Gasteiger partial charge is 0.328 e. The molecule has 0 radical (unpaired) electrons. The summed E-state index contributed by atoms with van der Waals surface area (Å²) in [5.41, 5.74) is 0.361. The molecule has 3 rings (SSSR count). The fourth-order valence-electron chi connectivity index (χ4n) is 3.85. The molecule has 0 saturated carbocycles. The van der Waals surface area contributed by atoms with E-state index in [0.717, 1.165) is 24.2 Å². The van der Waals surface area contributed by atoms with Crippen LogP contribution in [0, 0.1) is 5.41 Å². The van der Waals surface area contributed by atoms with Gasteiger partial charge < -0.3 is 15.2 Å². The van der Waals surface area contributed by atoms with E-state index < -0.39 is 5.69 Å². The fraction of sp³-hybridized carbons (Fsp3) is 0.550. The van der Waals surface area contributed by atoms with Crippen LogP contribution in [0.2, 0.25) is 0 Å². The molecule has 1 aromatic carbocycles. The molecule has 7 heteroatoms. The van der Waals surface area contributed by atoms with E-state index >= 15 is 0 Å². The van der Waals surface area contributed by atoms with Gasteiger partial charge in [0.1, 0.15) is 0 Å². The molecule has 146 valence electrons. The van der Waals surface area contributed by atoms with Crippen molar-refractivity contribution in [3.8, 4) is 0 Å². The minimum atomic E-state index is -0.458. The van der Waals surface area contributed by atoms with Gasteiger partial charge in [-0.2, -0.15) is 0 Å². The number of hydrogen-bond donors (Lipinski definition) is 2. The summed E-state index contributed by atoms with van der Waals surface area (Å²) in [6.07, 6.45) is 2.43. The molecule has 1 aromatic heterocycles. The van der Waals surface area contributed by atoms with Crippen molar-refractivity contribution in [3.63, 3.8) is 0 Å². The Labute approximate surface area is 158 Å². The molecular formula is C20H28N4O3. The first-order valence-electron chi connectivity index (χ1n) is 9.58. The number of aromatic nitrogens is 2. The van der Waals surface area contributed by atoms with Crippen LogP contribution in [0.25, 0.3) is 10.9 Å². The van der Waals surface area contributed by atoms with Gasteiger partial charge in [0.05, 0.1) is 10.9 Å². The summed E-state index contributed by atoms with van der Waals surface area (Å²) in [5, 5.41) is 3.34. The van der Waals surface area contributed by atoms with Gasteiger partial charge in [0, 0.05) is 31.7 Å². The van der Waals surface area contributed by atoms with Gasteiger partial charge in [-0.15, -0.1) is 0 Å². The van der Waals surface area contributed by atoms with Crippen molar-refractivity contribution in [2.45, 2.75) is 40.2 Å². The van der Waals surface area contributed by atoms with Crippen molar-refractivity contribution in [2.75, 3.05) is 26.2 Å². The SMILES string of the molecule is CCn1c(=O)[nH]c2cc(C(=O)NCCN3CCCC(C)(C)C3)ccc2c1=O. The van der Waals surface area contributed by atoms with Gasteiger partial charge in [0.25, 0.3) is 11.5 Å². The topological polar surface area (TPSA) is 87.2 Å². The van der Waals surface area contributed by atoms with Crippen molar-refractivity contribution in [3.05, 3.63) is 44.6 Å². The fourth-order valence-corrected chi connectivity index (χ4v) is 3.85. The molecule has 0 spiro atoms. The molecule has 1 aliphatic rings. The molecule has 0 bridgehead atoms. The van der Waals surface area contributed by atoms with E-state index in [9.17, 15) is 14.4 Å². The first kappa shape index (κ1) is 19.4. The number of carbonyl (C=O) groups is 1. The van der Waals surface area contributed by atoms with Crippen LogP contribution in [0.3, 0.4) is 0 Å². The number of piperidine rings is 1. The lowest BCUT2D eigenvalue weighted by Gasteiger charge is -2.38. The maximum atomic E-state index is 12.4. The van der Waals surface area contributed by atoms with Crippen molar-refractivity contribution in [1.29, 1.82) is 0 Å². The zero-order valence-electron chi connectivity index (χ0n) is 16.3. The lowest BCUT2D eigenvalue weighted by molar-refractivity contribution is 0.0925. The Morgan fingerprint density at radius 3 is 2.78 bits per heavy atom. The third-order valence-corrected chi connectivity index (χ3v) is 5.25. The van der Waals surface area contributed by atoms with E-state index in [4.69, 9.17) is 0 Å². The second-order valence-corrected chi connectivity index (χ2v) is 8.04. The summed E-state index contributed by atoms with van der Waals surface area (Å²) in [5.74, 6) is -0.200. The van der Waals surface area contributed by atoms with Crippen LogP contribution in [-0.2, 0) is 6.54 Å². The Balaban J connectivity index is 1.67. The number of hydrogen-bond acceptors (Lipinski definition) is 4. The molecule has 2 aromatic rings. The molecule has 27 heavy (non-hydrogen) atoms. The van der Waals surface area contributed by atoms with E-state index in [-0.39, 0.29) is 11.5 Å². The number of fused-ring (bicyclic) bond motifs is 1. The number of nitrogens with one attached hydrogen (secondary N) is 2. The number of aromatic amines is 1. The van der Waals surface area contributed by atoms with Crippen LogP contribution in [0.4, 0.5) is 0 Å². The lowest BCUT2D eigenvalue weighted by atomic mass is 9.84. The molecule has 0 atom stereocenters. The minimum Gasteiger partial charge on any atom is -0.351 e. The van der Waals surface area contributed by atoms with Gasteiger partial charge in [-0.1, -0.05) is 13.8 Å². The zero-order chi connectivity index (χ0) is 19.6. The van der Waals surface area contributed by atoms with Crippen LogP contribution >= 0.6 is 0 Å². The Kier molecular flexibility index (Phi) is 5.51. The van der Waals surface area contributed by atoms with Gasteiger partial charge in [-0.05, 0) is 49.9 Å². The molecule has 0 aliphatic carbocycles. The van der Waals surface area contributed by atoms with Crippen LogP contribution in [0.1, 0.15) is 44.0 Å². The van der Waals surface area contributed by atoms with Gasteiger partial charge >= 0.3 is 5.69 Å². The first-order valence-corrected chi connectivity index (χ1v) is 9.58. The van der Waals surface area contributed by atoms with Crippen molar-refractivity contribution in [1.82, 2.24) is 19.8 Å². The number of benzene rings is 1. The molecule has 2 N–H and O–H groups in total. The number of carbonyl (C=O) groups excluding carboxylic acids is 1. The normalized spacial score (nSPS) is 17.1. The summed E-state index contributed by atoms with van der Waals surface area (Å²) in [7, 11) is 0. The third-order valence-electron chi connectivity index (χ3n) is 5.25. The Hall–Kier alpha value is -2.41. The Morgan fingerprint density at radius 1 is 1.30 bits per heavy atom. The molecular weight excluding hydrogens is 344 g/mol.